The summed E-state index contributed by atoms with van der Waals surface area (Å²) in [5.74, 6) is -1.51. The standard InChI is InChI=1S/C37H45N7O11/c1-4-42(17-6-8-35(46)43-18-5-7-32(43)25(21-45)22-55-37(49)24-54-23-36(47)48)28-13-9-26(10-14-28)38-40-30-19-34(53-3)31(20-33(30)52-2)41-39-27-11-15-29(16-12-27)44(50)51/h9-16,19-20,25,32,45H,4-8,17-18,21-24H2,1-3H3,(H,47,48)/p+1/i45D. The number of hydrogen-bond donors (Lipinski definition) is 3. The highest BCUT2D eigenvalue weighted by Crippen LogP contribution is 2.41. The van der Waals surface area contributed by atoms with E-state index in [0.717, 1.165) is 23.4 Å². The maximum atomic E-state index is 13.4. The van der Waals surface area contributed by atoms with E-state index in [1.165, 1.54) is 38.5 Å². The van der Waals surface area contributed by atoms with Crippen molar-refractivity contribution in [3.63, 3.8) is 0 Å². The molecule has 3 unspecified atom stereocenters. The number of hydrogen-bond acceptors (Lipinski definition) is 15. The van der Waals surface area contributed by atoms with Crippen LogP contribution in [0.5, 0.6) is 11.5 Å². The molecule has 0 spiro atoms. The number of carbonyl (C=O) groups excluding carboxylic acids is 2. The molecule has 3 aromatic rings. The van der Waals surface area contributed by atoms with Crippen molar-refractivity contribution in [3.8, 4) is 11.5 Å². The van der Waals surface area contributed by atoms with Gasteiger partial charge in [-0.05, 0) is 49.7 Å². The maximum Gasteiger partial charge on any atom is 0.332 e. The minimum atomic E-state index is -1.20. The topological polar surface area (TPSA) is 229 Å². The largest absolute Gasteiger partial charge is 0.494 e. The van der Waals surface area contributed by atoms with E-state index in [1.807, 2.05) is 31.2 Å². The van der Waals surface area contributed by atoms with Crippen LogP contribution in [-0.4, -0.2) is 101 Å². The second-order valence-corrected chi connectivity index (χ2v) is 12.5. The lowest BCUT2D eigenvalue weighted by molar-refractivity contribution is -0.838. The van der Waals surface area contributed by atoms with Gasteiger partial charge in [0.25, 0.3) is 5.69 Å². The molecule has 3 aromatic carbocycles. The summed E-state index contributed by atoms with van der Waals surface area (Å²) in [4.78, 5) is 49.3. The van der Waals surface area contributed by atoms with Crippen LogP contribution in [0.15, 0.2) is 81.1 Å². The lowest BCUT2D eigenvalue weighted by Gasteiger charge is -2.26. The number of nitrogens with zero attached hydrogens (tertiary/aromatic N) is 6. The van der Waals surface area contributed by atoms with Crippen molar-refractivity contribution in [3.05, 3.63) is 70.8 Å². The van der Waals surface area contributed by atoms with Gasteiger partial charge in [0.2, 0.25) is 1.43 Å². The van der Waals surface area contributed by atoms with Crippen LogP contribution in [0, 0.1) is 16.0 Å². The van der Waals surface area contributed by atoms with Crippen LogP contribution >= 0.6 is 0 Å². The molecule has 0 saturated carbocycles. The number of azo groups is 2. The number of esters is 1. The molecule has 55 heavy (non-hydrogen) atoms. The molecular formula is C37H46N7O11+. The quantitative estimate of drug-likeness (QED) is 0.0538. The maximum absolute atomic E-state index is 13.4. The summed E-state index contributed by atoms with van der Waals surface area (Å²) >= 11 is 0. The van der Waals surface area contributed by atoms with Gasteiger partial charge >= 0.3 is 17.8 Å². The van der Waals surface area contributed by atoms with Gasteiger partial charge in [-0.25, -0.2) is 14.4 Å². The second-order valence-electron chi connectivity index (χ2n) is 12.5. The summed E-state index contributed by atoms with van der Waals surface area (Å²) in [6.07, 6.45) is 2.49. The summed E-state index contributed by atoms with van der Waals surface area (Å²) in [5, 5.41) is 41.3. The van der Waals surface area contributed by atoms with E-state index >= 15 is 0 Å². The fraction of sp³-hybridized carbons (Fsp3) is 0.432. The van der Waals surface area contributed by atoms with Gasteiger partial charge in [-0.3, -0.25) is 15.0 Å². The van der Waals surface area contributed by atoms with E-state index in [1.54, 1.807) is 12.1 Å². The molecule has 1 saturated heterocycles. The highest BCUT2D eigenvalue weighted by Gasteiger charge is 2.39. The monoisotopic (exact) mass is 765 g/mol. The third-order valence-corrected chi connectivity index (χ3v) is 8.97. The number of aliphatic hydroxyl groups is 1. The number of aliphatic carboxylic acids is 1. The average molecular weight is 766 g/mol. The summed E-state index contributed by atoms with van der Waals surface area (Å²) < 4.78 is 28.3. The van der Waals surface area contributed by atoms with Gasteiger partial charge in [0.05, 0.1) is 56.0 Å². The number of likely N-dealkylation sites (tertiary alicyclic amines) is 1. The van der Waals surface area contributed by atoms with E-state index < -0.39 is 30.1 Å². The van der Waals surface area contributed by atoms with Crippen molar-refractivity contribution < 1.29 is 53.4 Å². The Morgan fingerprint density at radius 3 is 2.15 bits per heavy atom. The first-order valence-electron chi connectivity index (χ1n) is 18.1. The van der Waals surface area contributed by atoms with E-state index in [2.05, 4.69) is 30.5 Å². The number of ether oxygens (including phenoxy) is 4. The molecule has 294 valence electrons. The number of nitro benzene ring substituents is 1. The molecule has 18 heteroatoms. The molecule has 4 rings (SSSR count). The smallest absolute Gasteiger partial charge is 0.332 e. The molecule has 1 heterocycles. The second kappa shape index (κ2) is 21.1. The molecule has 1 fully saturated rings. The number of carbonyl (C=O) groups is 3. The summed E-state index contributed by atoms with van der Waals surface area (Å²) in [5.41, 5.74) is 2.67. The molecule has 3 atom stereocenters. The third-order valence-electron chi connectivity index (χ3n) is 8.97. The van der Waals surface area contributed by atoms with Crippen LogP contribution in [0.2, 0.25) is 0 Å². The number of aliphatic hydroxyl groups excluding tert-OH is 1. The summed E-state index contributed by atoms with van der Waals surface area (Å²) in [7, 11) is 2.97. The number of nitro groups is 1. The Bertz CT molecular complexity index is 1850. The van der Waals surface area contributed by atoms with Gasteiger partial charge < -0.3 is 34.1 Å². The number of quaternary nitrogens is 1. The summed E-state index contributed by atoms with van der Waals surface area (Å²) in [6, 6.07) is 16.2. The van der Waals surface area contributed by atoms with Crippen LogP contribution in [0.3, 0.4) is 0 Å². The molecular weight excluding hydrogens is 718 g/mol. The van der Waals surface area contributed by atoms with Crippen molar-refractivity contribution in [2.45, 2.75) is 38.6 Å². The van der Waals surface area contributed by atoms with E-state index in [0.29, 0.717) is 66.7 Å². The van der Waals surface area contributed by atoms with Gasteiger partial charge in [0.1, 0.15) is 48.7 Å². The SMILES string of the molecule is [2H]OCC(COC(=O)COCC(=O)O)C1CCC[NH+]1C(=O)CCCN(CC)c1ccc(N=Nc2cc(OC)c(N=Nc3ccc([N+](=O)[O-])cc3)cc2OC)cc1. The number of non-ortho nitro benzene ring substituents is 1. The Kier molecular flexibility index (Phi) is 15.5. The van der Waals surface area contributed by atoms with Gasteiger partial charge in [-0.1, -0.05) is 0 Å². The Hall–Kier alpha value is -5.85. The Morgan fingerprint density at radius 1 is 0.982 bits per heavy atom. The minimum Gasteiger partial charge on any atom is -0.494 e. The number of carboxylic acids is 1. The molecule has 0 radical (unpaired) electrons. The molecule has 1 amide bonds. The lowest BCUT2D eigenvalue weighted by Crippen LogP contribution is -3.17. The predicted molar refractivity (Wildman–Crippen MR) is 198 cm³/mol. The van der Waals surface area contributed by atoms with Gasteiger partial charge in [-0.2, -0.15) is 10.2 Å². The molecule has 0 aliphatic carbocycles. The molecule has 1 aliphatic rings. The number of nitrogens with one attached hydrogen (secondary N) is 1. The molecule has 18 nitrogen and oxygen atoms in total. The molecule has 1 aliphatic heterocycles. The van der Waals surface area contributed by atoms with Crippen molar-refractivity contribution in [1.82, 2.24) is 0 Å². The molecule has 0 bridgehead atoms. The van der Waals surface area contributed by atoms with E-state index in [9.17, 15) is 24.5 Å². The fourth-order valence-electron chi connectivity index (χ4n) is 6.16. The zero-order valence-electron chi connectivity index (χ0n) is 31.9. The summed E-state index contributed by atoms with van der Waals surface area (Å²) in [6.45, 7) is 2.82. The van der Waals surface area contributed by atoms with Crippen LogP contribution in [0.1, 0.15) is 32.6 Å². The van der Waals surface area contributed by atoms with Crippen molar-refractivity contribution in [2.75, 3.05) is 65.2 Å². The van der Waals surface area contributed by atoms with Crippen LogP contribution in [0.4, 0.5) is 34.1 Å². The first-order chi connectivity index (χ1) is 27.1. The Morgan fingerprint density at radius 2 is 1.60 bits per heavy atom. The first-order valence-corrected chi connectivity index (χ1v) is 17.7. The number of amides is 1. The van der Waals surface area contributed by atoms with Crippen molar-refractivity contribution >= 4 is 52.0 Å². The third kappa shape index (κ3) is 12.3. The minimum absolute atomic E-state index is 0.0154. The lowest BCUT2D eigenvalue weighted by atomic mass is 9.99. The number of anilines is 1. The average Bonchev–Trinajstić information content (AvgIpc) is 3.70. The first kappa shape index (κ1) is 40.3. The van der Waals surface area contributed by atoms with Crippen molar-refractivity contribution in [1.29, 1.82) is 1.43 Å². The Balaban J connectivity index is 1.32. The van der Waals surface area contributed by atoms with Gasteiger partial charge in [-0.15, -0.1) is 10.2 Å². The van der Waals surface area contributed by atoms with Gasteiger partial charge in [0, 0.05) is 55.9 Å². The number of benzene rings is 3. The fourth-order valence-corrected chi connectivity index (χ4v) is 6.16. The predicted octanol–water partition coefficient (Wildman–Crippen LogP) is 4.88. The van der Waals surface area contributed by atoms with Crippen LogP contribution < -0.4 is 19.3 Å². The molecule has 3 N–H and O–H groups in total. The van der Waals surface area contributed by atoms with Crippen molar-refractivity contribution in [2.24, 2.45) is 26.4 Å². The van der Waals surface area contributed by atoms with E-state index in [4.69, 9.17) is 25.5 Å². The number of methoxy groups -OCH3 is 2. The normalized spacial score (nSPS) is 16.2. The van der Waals surface area contributed by atoms with Crippen LogP contribution in [0.25, 0.3) is 0 Å². The molecule has 0 aromatic heterocycles. The highest BCUT2D eigenvalue weighted by molar-refractivity contribution is 5.72. The van der Waals surface area contributed by atoms with Crippen LogP contribution in [-0.2, 0) is 23.9 Å². The van der Waals surface area contributed by atoms with E-state index in [-0.39, 0.29) is 36.8 Å². The Labute approximate surface area is 319 Å². The zero-order chi connectivity index (χ0) is 40.5. The van der Waals surface area contributed by atoms with Gasteiger partial charge in [0.15, 0.2) is 0 Å². The zero-order valence-corrected chi connectivity index (χ0v) is 30.9. The number of carboxylic acid groups (broad SMARTS) is 1. The highest BCUT2D eigenvalue weighted by atomic mass is 16.6. The number of rotatable bonds is 22.